The number of carbonyl (C=O) groups is 1. The average Bonchev–Trinajstić information content (AvgIpc) is 2.61. The first-order valence-electron chi connectivity index (χ1n) is 8.49. The molecule has 132 valence electrons. The van der Waals surface area contributed by atoms with E-state index in [0.717, 1.165) is 6.54 Å². The summed E-state index contributed by atoms with van der Waals surface area (Å²) in [4.78, 5) is 21.9. The Balaban J connectivity index is 1.81. The van der Waals surface area contributed by atoms with Crippen molar-refractivity contribution in [3.05, 3.63) is 24.2 Å². The lowest BCUT2D eigenvalue weighted by Crippen LogP contribution is -2.40. The van der Waals surface area contributed by atoms with E-state index in [1.165, 1.54) is 49.7 Å². The lowest BCUT2D eigenvalue weighted by Gasteiger charge is -2.33. The van der Waals surface area contributed by atoms with E-state index in [0.29, 0.717) is 17.6 Å². The van der Waals surface area contributed by atoms with E-state index >= 15 is 0 Å². The fourth-order valence-electron chi connectivity index (χ4n) is 3.10. The second-order valence-electron chi connectivity index (χ2n) is 6.41. The summed E-state index contributed by atoms with van der Waals surface area (Å²) in [5.74, 6) is 0.113. The lowest BCUT2D eigenvalue weighted by atomic mass is 9.94. The quantitative estimate of drug-likeness (QED) is 0.402. The molecule has 0 saturated heterocycles. The van der Waals surface area contributed by atoms with Crippen molar-refractivity contribution >= 4 is 17.8 Å². The van der Waals surface area contributed by atoms with Crippen LogP contribution in [0.3, 0.4) is 0 Å². The lowest BCUT2D eigenvalue weighted by molar-refractivity contribution is -0.124. The summed E-state index contributed by atoms with van der Waals surface area (Å²) in [6.07, 6.45) is 12.6. The molecule has 0 bridgehead atoms. The average molecular weight is 333 g/mol. The van der Waals surface area contributed by atoms with Gasteiger partial charge in [-0.15, -0.1) is 0 Å². The maximum atomic E-state index is 10.9. The maximum Gasteiger partial charge on any atom is 0.267 e. The number of hydrogen-bond acceptors (Lipinski definition) is 6. The van der Waals surface area contributed by atoms with Crippen LogP contribution in [0.2, 0.25) is 0 Å². The maximum absolute atomic E-state index is 10.9. The Morgan fingerprint density at radius 3 is 2.75 bits per heavy atom. The van der Waals surface area contributed by atoms with Gasteiger partial charge in [-0.1, -0.05) is 19.3 Å². The van der Waals surface area contributed by atoms with Crippen LogP contribution in [0.5, 0.6) is 0 Å². The van der Waals surface area contributed by atoms with Gasteiger partial charge in [0.15, 0.2) is 0 Å². The predicted octanol–water partition coefficient (Wildman–Crippen LogP) is 2.06. The van der Waals surface area contributed by atoms with E-state index in [4.69, 9.17) is 5.21 Å². The Labute approximate surface area is 143 Å². The van der Waals surface area contributed by atoms with E-state index in [1.54, 1.807) is 12.4 Å². The molecule has 0 aromatic carbocycles. The minimum atomic E-state index is -0.599. The van der Waals surface area contributed by atoms with Crippen LogP contribution in [-0.4, -0.2) is 51.7 Å². The smallest absolute Gasteiger partial charge is 0.267 e. The molecule has 7 nitrogen and oxygen atoms in total. The highest BCUT2D eigenvalue weighted by Crippen LogP contribution is 2.21. The normalized spacial score (nSPS) is 17.2. The minimum Gasteiger partial charge on any atom is -0.365 e. The first kappa shape index (κ1) is 18.4. The summed E-state index contributed by atoms with van der Waals surface area (Å²) in [5, 5.41) is 11.8. The van der Waals surface area contributed by atoms with E-state index in [1.807, 2.05) is 0 Å². The van der Waals surface area contributed by atoms with Crippen LogP contribution in [0.15, 0.2) is 18.5 Å². The van der Waals surface area contributed by atoms with Crippen LogP contribution in [0.4, 0.5) is 5.82 Å². The molecule has 0 aliphatic heterocycles. The summed E-state index contributed by atoms with van der Waals surface area (Å²) < 4.78 is 0. The Morgan fingerprint density at radius 2 is 2.12 bits per heavy atom. The van der Waals surface area contributed by atoms with Gasteiger partial charge in [0, 0.05) is 24.7 Å². The number of likely N-dealkylation sites (N-methyl/N-ethyl adjacent to an activating group) is 1. The van der Waals surface area contributed by atoms with Crippen molar-refractivity contribution in [2.24, 2.45) is 0 Å². The molecule has 1 heterocycles. The van der Waals surface area contributed by atoms with E-state index in [-0.39, 0.29) is 6.04 Å². The number of aromatic nitrogens is 2. The van der Waals surface area contributed by atoms with E-state index < -0.39 is 5.91 Å². The highest BCUT2D eigenvalue weighted by Gasteiger charge is 2.19. The zero-order chi connectivity index (χ0) is 17.4. The monoisotopic (exact) mass is 333 g/mol. The van der Waals surface area contributed by atoms with Crippen molar-refractivity contribution in [1.82, 2.24) is 20.3 Å². The molecule has 3 N–H and O–H groups in total. The zero-order valence-electron chi connectivity index (χ0n) is 14.4. The van der Waals surface area contributed by atoms with Crippen LogP contribution in [0, 0.1) is 0 Å². The molecule has 1 fully saturated rings. The fourth-order valence-corrected chi connectivity index (χ4v) is 3.10. The Kier molecular flexibility index (Phi) is 7.14. The molecular formula is C17H27N5O2. The van der Waals surface area contributed by atoms with Gasteiger partial charge in [0.05, 0.1) is 18.1 Å². The summed E-state index contributed by atoms with van der Waals surface area (Å²) in [5.41, 5.74) is 2.08. The van der Waals surface area contributed by atoms with Crippen molar-refractivity contribution in [2.75, 3.05) is 18.9 Å². The Bertz CT molecular complexity index is 540. The predicted molar refractivity (Wildman–Crippen MR) is 93.6 cm³/mol. The van der Waals surface area contributed by atoms with Gasteiger partial charge in [0.2, 0.25) is 0 Å². The summed E-state index contributed by atoms with van der Waals surface area (Å²) in [6, 6.07) is 0.965. The van der Waals surface area contributed by atoms with Gasteiger partial charge >= 0.3 is 0 Å². The molecule has 1 aliphatic rings. The minimum absolute atomic E-state index is 0.271. The van der Waals surface area contributed by atoms with Crippen LogP contribution >= 0.6 is 0 Å². The molecule has 24 heavy (non-hydrogen) atoms. The highest BCUT2D eigenvalue weighted by atomic mass is 16.5. The van der Waals surface area contributed by atoms with Crippen LogP contribution in [0.25, 0.3) is 6.08 Å². The number of amides is 1. The topological polar surface area (TPSA) is 90.4 Å². The third-order valence-electron chi connectivity index (χ3n) is 4.34. The van der Waals surface area contributed by atoms with E-state index in [9.17, 15) is 4.79 Å². The van der Waals surface area contributed by atoms with Gasteiger partial charge in [0.1, 0.15) is 5.82 Å². The number of anilines is 1. The molecule has 7 heteroatoms. The Hall–Kier alpha value is -1.99. The second-order valence-corrected chi connectivity index (χ2v) is 6.41. The van der Waals surface area contributed by atoms with Gasteiger partial charge in [-0.3, -0.25) is 15.0 Å². The van der Waals surface area contributed by atoms with Gasteiger partial charge < -0.3 is 10.2 Å². The fraction of sp³-hybridized carbons (Fsp3) is 0.588. The first-order chi connectivity index (χ1) is 11.6. The number of nitrogens with one attached hydrogen (secondary N) is 2. The summed E-state index contributed by atoms with van der Waals surface area (Å²) >= 11 is 0. The van der Waals surface area contributed by atoms with Crippen molar-refractivity contribution in [3.8, 4) is 0 Å². The molecule has 0 spiro atoms. The van der Waals surface area contributed by atoms with Crippen LogP contribution in [-0.2, 0) is 4.79 Å². The SMILES string of the molecule is C[C@H](CN(C)C1CCCCC1)Nc1cnc(C=CC(=O)NO)cn1. The van der Waals surface area contributed by atoms with Crippen LogP contribution < -0.4 is 10.8 Å². The molecule has 1 aromatic heterocycles. The molecule has 0 radical (unpaired) electrons. The van der Waals surface area contributed by atoms with Gasteiger partial charge in [-0.2, -0.15) is 0 Å². The summed E-state index contributed by atoms with van der Waals surface area (Å²) in [6.45, 7) is 3.10. The highest BCUT2D eigenvalue weighted by molar-refractivity contribution is 5.90. The van der Waals surface area contributed by atoms with Crippen LogP contribution in [0.1, 0.15) is 44.7 Å². The molecule has 2 rings (SSSR count). The number of rotatable bonds is 7. The molecule has 1 amide bonds. The van der Waals surface area contributed by atoms with Crippen molar-refractivity contribution in [1.29, 1.82) is 0 Å². The van der Waals surface area contributed by atoms with Crippen molar-refractivity contribution < 1.29 is 10.0 Å². The molecule has 0 unspecified atom stereocenters. The van der Waals surface area contributed by atoms with Gasteiger partial charge in [0.25, 0.3) is 5.91 Å². The third kappa shape index (κ3) is 5.90. The first-order valence-corrected chi connectivity index (χ1v) is 8.49. The number of hydrogen-bond donors (Lipinski definition) is 3. The summed E-state index contributed by atoms with van der Waals surface area (Å²) in [7, 11) is 2.19. The molecular weight excluding hydrogens is 306 g/mol. The molecule has 1 saturated carbocycles. The van der Waals surface area contributed by atoms with Gasteiger partial charge in [-0.25, -0.2) is 10.5 Å². The Morgan fingerprint density at radius 1 is 1.38 bits per heavy atom. The largest absolute Gasteiger partial charge is 0.365 e. The molecule has 1 aliphatic carbocycles. The molecule has 1 atom stereocenters. The number of carbonyl (C=O) groups excluding carboxylic acids is 1. The number of hydroxylamine groups is 1. The molecule has 1 aromatic rings. The van der Waals surface area contributed by atoms with Crippen molar-refractivity contribution in [2.45, 2.75) is 51.1 Å². The van der Waals surface area contributed by atoms with Gasteiger partial charge in [-0.05, 0) is 32.9 Å². The number of nitrogens with zero attached hydrogens (tertiary/aromatic N) is 3. The second kappa shape index (κ2) is 9.34. The zero-order valence-corrected chi connectivity index (χ0v) is 14.4. The third-order valence-corrected chi connectivity index (χ3v) is 4.34. The van der Waals surface area contributed by atoms with Crippen molar-refractivity contribution in [3.63, 3.8) is 0 Å². The standard InChI is InChI=1S/C17H27N5O2/c1-13(12-22(2)15-6-4-3-5-7-15)20-16-11-18-14(10-19-16)8-9-17(23)21-24/h8-11,13,15,24H,3-7,12H2,1-2H3,(H,19,20)(H,21,23)/t13-/m1/s1. The van der Waals surface area contributed by atoms with E-state index in [2.05, 4.69) is 34.2 Å².